The maximum atomic E-state index is 14.4. The van der Waals surface area contributed by atoms with Crippen molar-refractivity contribution in [1.82, 2.24) is 10.2 Å². The van der Waals surface area contributed by atoms with Crippen molar-refractivity contribution in [2.24, 2.45) is 0 Å². The summed E-state index contributed by atoms with van der Waals surface area (Å²) in [4.78, 5) is 14.3. The van der Waals surface area contributed by atoms with Gasteiger partial charge in [-0.3, -0.25) is 4.90 Å². The van der Waals surface area contributed by atoms with E-state index in [0.717, 1.165) is 6.07 Å². The Hall–Kier alpha value is -3.19. The Kier molecular flexibility index (Phi) is 6.06. The number of carbonyl (C=O) groups is 1. The van der Waals surface area contributed by atoms with E-state index in [1.807, 2.05) is 25.1 Å². The fourth-order valence-electron chi connectivity index (χ4n) is 2.91. The molecule has 1 aromatic heterocycles. The van der Waals surface area contributed by atoms with Gasteiger partial charge in [0.25, 0.3) is 0 Å². The molecule has 0 aliphatic carbocycles. The summed E-state index contributed by atoms with van der Waals surface area (Å²) in [5, 5.41) is 5.21. The third kappa shape index (κ3) is 4.55. The van der Waals surface area contributed by atoms with Gasteiger partial charge in [-0.2, -0.15) is 0 Å². The van der Waals surface area contributed by atoms with E-state index in [0.29, 0.717) is 11.3 Å². The van der Waals surface area contributed by atoms with Gasteiger partial charge in [-0.1, -0.05) is 30.3 Å². The predicted molar refractivity (Wildman–Crippen MR) is 104 cm³/mol. The van der Waals surface area contributed by atoms with Gasteiger partial charge in [0, 0.05) is 18.2 Å². The number of furan rings is 1. The van der Waals surface area contributed by atoms with Crippen LogP contribution >= 0.6 is 0 Å². The summed E-state index contributed by atoms with van der Waals surface area (Å²) in [5.74, 6) is -0.861. The lowest BCUT2D eigenvalue weighted by Gasteiger charge is -2.23. The van der Waals surface area contributed by atoms with Gasteiger partial charge in [0.1, 0.15) is 17.4 Å². The van der Waals surface area contributed by atoms with E-state index in [-0.39, 0.29) is 23.8 Å². The van der Waals surface area contributed by atoms with Crippen LogP contribution in [0.4, 0.5) is 19.3 Å². The zero-order chi connectivity index (χ0) is 20.1. The monoisotopic (exact) mass is 385 g/mol. The molecule has 28 heavy (non-hydrogen) atoms. The van der Waals surface area contributed by atoms with E-state index in [1.165, 1.54) is 6.07 Å². The van der Waals surface area contributed by atoms with Crippen molar-refractivity contribution in [3.63, 3.8) is 0 Å². The summed E-state index contributed by atoms with van der Waals surface area (Å²) in [6.07, 6.45) is 1.56. The van der Waals surface area contributed by atoms with Crippen LogP contribution in [-0.4, -0.2) is 31.6 Å². The third-order valence-electron chi connectivity index (χ3n) is 4.33. The second-order valence-corrected chi connectivity index (χ2v) is 6.51. The van der Waals surface area contributed by atoms with Gasteiger partial charge < -0.3 is 15.1 Å². The minimum absolute atomic E-state index is 0.0792. The van der Waals surface area contributed by atoms with Gasteiger partial charge in [-0.05, 0) is 37.9 Å². The number of amides is 2. The number of anilines is 1. The SMILES string of the molecule is CN(C)[C@H](CNC(=O)Nc1c(F)cc(F)cc1-c1ccccc1)c1ccco1. The highest BCUT2D eigenvalue weighted by Crippen LogP contribution is 2.31. The minimum atomic E-state index is -0.843. The molecule has 0 aliphatic rings. The number of nitrogens with zero attached hydrogens (tertiary/aromatic N) is 1. The van der Waals surface area contributed by atoms with Crippen molar-refractivity contribution in [2.75, 3.05) is 26.0 Å². The quantitative estimate of drug-likeness (QED) is 0.649. The Morgan fingerprint density at radius 2 is 1.86 bits per heavy atom. The van der Waals surface area contributed by atoms with Crippen molar-refractivity contribution in [2.45, 2.75) is 6.04 Å². The van der Waals surface area contributed by atoms with Crippen molar-refractivity contribution >= 4 is 11.7 Å². The molecule has 0 spiro atoms. The fraction of sp³-hybridized carbons (Fsp3) is 0.190. The molecule has 0 fully saturated rings. The van der Waals surface area contributed by atoms with Crippen LogP contribution < -0.4 is 10.6 Å². The molecule has 0 bridgehead atoms. The molecule has 1 atom stereocenters. The lowest BCUT2D eigenvalue weighted by atomic mass is 10.0. The number of nitrogens with one attached hydrogen (secondary N) is 2. The van der Waals surface area contributed by atoms with Crippen LogP contribution in [0.15, 0.2) is 65.3 Å². The Bertz CT molecular complexity index is 928. The average Bonchev–Trinajstić information content (AvgIpc) is 3.18. The van der Waals surface area contributed by atoms with Crippen LogP contribution in [0.1, 0.15) is 11.8 Å². The first-order chi connectivity index (χ1) is 13.5. The van der Waals surface area contributed by atoms with Crippen LogP contribution in [0, 0.1) is 11.6 Å². The van der Waals surface area contributed by atoms with E-state index < -0.39 is 17.7 Å². The number of carbonyl (C=O) groups excluding carboxylic acids is 1. The van der Waals surface area contributed by atoms with Crippen molar-refractivity contribution in [3.05, 3.63) is 78.3 Å². The molecule has 3 rings (SSSR count). The molecule has 2 aromatic carbocycles. The van der Waals surface area contributed by atoms with Gasteiger partial charge in [0.2, 0.25) is 0 Å². The van der Waals surface area contributed by atoms with Crippen molar-refractivity contribution in [3.8, 4) is 11.1 Å². The van der Waals surface area contributed by atoms with E-state index in [9.17, 15) is 13.6 Å². The number of urea groups is 1. The molecule has 2 N–H and O–H groups in total. The highest BCUT2D eigenvalue weighted by Gasteiger charge is 2.19. The molecule has 0 radical (unpaired) electrons. The summed E-state index contributed by atoms with van der Waals surface area (Å²) in [7, 11) is 3.72. The topological polar surface area (TPSA) is 57.5 Å². The molecule has 0 aliphatic heterocycles. The largest absolute Gasteiger partial charge is 0.468 e. The zero-order valence-electron chi connectivity index (χ0n) is 15.6. The maximum absolute atomic E-state index is 14.4. The molecule has 7 heteroatoms. The van der Waals surface area contributed by atoms with Crippen LogP contribution in [0.2, 0.25) is 0 Å². The summed E-state index contributed by atoms with van der Waals surface area (Å²) in [6.45, 7) is 0.246. The van der Waals surface area contributed by atoms with E-state index in [2.05, 4.69) is 10.6 Å². The van der Waals surface area contributed by atoms with Crippen LogP contribution in [-0.2, 0) is 0 Å². The van der Waals surface area contributed by atoms with Crippen LogP contribution in [0.3, 0.4) is 0 Å². The van der Waals surface area contributed by atoms with Gasteiger partial charge in [0.05, 0.1) is 18.0 Å². The Balaban J connectivity index is 1.77. The lowest BCUT2D eigenvalue weighted by molar-refractivity contribution is 0.233. The van der Waals surface area contributed by atoms with E-state index in [4.69, 9.17) is 4.42 Å². The van der Waals surface area contributed by atoms with Gasteiger partial charge in [-0.25, -0.2) is 13.6 Å². The molecule has 0 unspecified atom stereocenters. The molecule has 0 saturated carbocycles. The first kappa shape index (κ1) is 19.6. The van der Waals surface area contributed by atoms with Crippen LogP contribution in [0.5, 0.6) is 0 Å². The van der Waals surface area contributed by atoms with E-state index >= 15 is 0 Å². The van der Waals surface area contributed by atoms with Crippen molar-refractivity contribution in [1.29, 1.82) is 0 Å². The fourth-order valence-corrected chi connectivity index (χ4v) is 2.91. The molecule has 5 nitrogen and oxygen atoms in total. The normalized spacial score (nSPS) is 12.0. The summed E-state index contributed by atoms with van der Waals surface area (Å²) >= 11 is 0. The van der Waals surface area contributed by atoms with Gasteiger partial charge in [-0.15, -0.1) is 0 Å². The number of hydrogen-bond acceptors (Lipinski definition) is 3. The predicted octanol–water partition coefficient (Wildman–Crippen LogP) is 4.65. The third-order valence-corrected chi connectivity index (χ3v) is 4.33. The molecule has 2 amide bonds. The highest BCUT2D eigenvalue weighted by molar-refractivity contribution is 5.94. The van der Waals surface area contributed by atoms with E-state index in [1.54, 1.807) is 42.7 Å². The molecule has 146 valence electrons. The summed E-state index contributed by atoms with van der Waals surface area (Å²) < 4.78 is 33.5. The maximum Gasteiger partial charge on any atom is 0.319 e. The smallest absolute Gasteiger partial charge is 0.319 e. The number of likely N-dealkylation sites (N-methyl/N-ethyl adjacent to an activating group) is 1. The first-order valence-electron chi connectivity index (χ1n) is 8.75. The second-order valence-electron chi connectivity index (χ2n) is 6.51. The Labute approximate surface area is 162 Å². The second kappa shape index (κ2) is 8.67. The number of benzene rings is 2. The number of rotatable bonds is 6. The summed E-state index contributed by atoms with van der Waals surface area (Å²) in [6, 6.07) is 13.5. The molecule has 1 heterocycles. The zero-order valence-corrected chi connectivity index (χ0v) is 15.6. The molecular formula is C21H21F2N3O2. The Morgan fingerprint density at radius 1 is 1.11 bits per heavy atom. The number of hydrogen-bond donors (Lipinski definition) is 2. The Morgan fingerprint density at radius 3 is 2.50 bits per heavy atom. The highest BCUT2D eigenvalue weighted by atomic mass is 19.1. The van der Waals surface area contributed by atoms with Crippen LogP contribution in [0.25, 0.3) is 11.1 Å². The van der Waals surface area contributed by atoms with Gasteiger partial charge in [0.15, 0.2) is 0 Å². The molecule has 3 aromatic rings. The first-order valence-corrected chi connectivity index (χ1v) is 8.75. The average molecular weight is 385 g/mol. The van der Waals surface area contributed by atoms with Gasteiger partial charge >= 0.3 is 6.03 Å². The molecule has 0 saturated heterocycles. The number of halogens is 2. The lowest BCUT2D eigenvalue weighted by Crippen LogP contribution is -2.37. The standard InChI is InChI=1S/C21H21F2N3O2/c1-26(2)18(19-9-6-10-28-19)13-24-21(27)25-20-16(11-15(22)12-17(20)23)14-7-4-3-5-8-14/h3-12,18H,13H2,1-2H3,(H2,24,25,27)/t18-/m1/s1. The minimum Gasteiger partial charge on any atom is -0.468 e. The van der Waals surface area contributed by atoms with Crippen molar-refractivity contribution < 1.29 is 18.0 Å². The molecular weight excluding hydrogens is 364 g/mol. The summed E-state index contributed by atoms with van der Waals surface area (Å²) in [5.41, 5.74) is 0.783.